The van der Waals surface area contributed by atoms with Crippen LogP contribution in [0.1, 0.15) is 18.9 Å². The molecule has 1 aromatic rings. The summed E-state index contributed by atoms with van der Waals surface area (Å²) in [7, 11) is 1.38. The van der Waals surface area contributed by atoms with Gasteiger partial charge in [0.1, 0.15) is 5.75 Å². The summed E-state index contributed by atoms with van der Waals surface area (Å²) in [5.74, 6) is 0.0344. The molecule has 94 valence electrons. The third-order valence-corrected chi connectivity index (χ3v) is 2.62. The van der Waals surface area contributed by atoms with E-state index in [9.17, 15) is 4.79 Å². The largest absolute Gasteiger partial charge is 0.508 e. The van der Waals surface area contributed by atoms with Crippen LogP contribution in [0.5, 0.6) is 5.75 Å². The summed E-state index contributed by atoms with van der Waals surface area (Å²) in [5.41, 5.74) is 1.18. The Morgan fingerprint density at radius 1 is 1.41 bits per heavy atom. The van der Waals surface area contributed by atoms with Gasteiger partial charge in [-0.25, -0.2) is 0 Å². The van der Waals surface area contributed by atoms with Gasteiger partial charge in [0.25, 0.3) is 0 Å². The molecule has 0 aliphatic carbocycles. The van der Waals surface area contributed by atoms with Crippen LogP contribution >= 0.6 is 0 Å². The molecule has 0 spiro atoms. The standard InChI is InChI=1S/C13H19NO3/c1-10(14-9-13(16)17-2)3-4-11-5-7-12(15)8-6-11/h5-8,10,14-15H,3-4,9H2,1-2H3. The average molecular weight is 237 g/mol. The fraction of sp³-hybridized carbons (Fsp3) is 0.462. The average Bonchev–Trinajstić information content (AvgIpc) is 2.35. The Bertz CT molecular complexity index is 348. The van der Waals surface area contributed by atoms with Crippen LogP contribution < -0.4 is 5.32 Å². The highest BCUT2D eigenvalue weighted by Gasteiger charge is 2.05. The van der Waals surface area contributed by atoms with E-state index in [-0.39, 0.29) is 24.3 Å². The minimum absolute atomic E-state index is 0.243. The van der Waals surface area contributed by atoms with Crippen molar-refractivity contribution in [2.75, 3.05) is 13.7 Å². The van der Waals surface area contributed by atoms with E-state index in [0.717, 1.165) is 12.8 Å². The smallest absolute Gasteiger partial charge is 0.319 e. The van der Waals surface area contributed by atoms with Gasteiger partial charge in [0.2, 0.25) is 0 Å². The number of aromatic hydroxyl groups is 1. The molecule has 1 atom stereocenters. The summed E-state index contributed by atoms with van der Waals surface area (Å²) in [5, 5.41) is 12.2. The molecule has 4 heteroatoms. The van der Waals surface area contributed by atoms with E-state index < -0.39 is 0 Å². The molecule has 0 aliphatic heterocycles. The van der Waals surface area contributed by atoms with Crippen molar-refractivity contribution in [3.63, 3.8) is 0 Å². The van der Waals surface area contributed by atoms with Crippen LogP contribution in [0.15, 0.2) is 24.3 Å². The summed E-state index contributed by atoms with van der Waals surface area (Å²) in [6.45, 7) is 2.27. The third-order valence-electron chi connectivity index (χ3n) is 2.62. The maximum Gasteiger partial charge on any atom is 0.319 e. The molecule has 0 aliphatic rings. The van der Waals surface area contributed by atoms with Crippen LogP contribution in [0.3, 0.4) is 0 Å². The molecule has 0 fully saturated rings. The molecule has 0 saturated heterocycles. The van der Waals surface area contributed by atoms with Crippen molar-refractivity contribution in [3.8, 4) is 5.75 Å². The fourth-order valence-electron chi connectivity index (χ4n) is 1.48. The number of carbonyl (C=O) groups excluding carboxylic acids is 1. The molecule has 0 heterocycles. The van der Waals surface area contributed by atoms with E-state index in [0.29, 0.717) is 0 Å². The molecular weight excluding hydrogens is 218 g/mol. The second kappa shape index (κ2) is 6.91. The van der Waals surface area contributed by atoms with Gasteiger partial charge in [-0.3, -0.25) is 4.79 Å². The van der Waals surface area contributed by atoms with Crippen molar-refractivity contribution in [1.29, 1.82) is 0 Å². The van der Waals surface area contributed by atoms with Gasteiger partial charge in [0.15, 0.2) is 0 Å². The predicted octanol–water partition coefficient (Wildman–Crippen LogP) is 1.48. The summed E-state index contributed by atoms with van der Waals surface area (Å²) in [6.07, 6.45) is 1.84. The van der Waals surface area contributed by atoms with Gasteiger partial charge in [0, 0.05) is 6.04 Å². The summed E-state index contributed by atoms with van der Waals surface area (Å²) < 4.78 is 4.55. The number of aryl methyl sites for hydroxylation is 1. The van der Waals surface area contributed by atoms with Gasteiger partial charge in [0.05, 0.1) is 13.7 Å². The number of carbonyl (C=O) groups is 1. The first-order valence-electron chi connectivity index (χ1n) is 5.70. The first-order chi connectivity index (χ1) is 8.11. The summed E-state index contributed by atoms with van der Waals surface area (Å²) in [6, 6.07) is 7.43. The molecular formula is C13H19NO3. The van der Waals surface area contributed by atoms with E-state index in [4.69, 9.17) is 5.11 Å². The highest BCUT2D eigenvalue weighted by Crippen LogP contribution is 2.11. The Morgan fingerprint density at radius 2 is 2.06 bits per heavy atom. The molecule has 0 saturated carbocycles. The second-order valence-electron chi connectivity index (χ2n) is 4.06. The molecule has 1 rings (SSSR count). The lowest BCUT2D eigenvalue weighted by Crippen LogP contribution is -2.32. The van der Waals surface area contributed by atoms with Gasteiger partial charge in [-0.05, 0) is 37.5 Å². The molecule has 0 aromatic heterocycles. The molecule has 17 heavy (non-hydrogen) atoms. The number of phenols is 1. The van der Waals surface area contributed by atoms with Gasteiger partial charge < -0.3 is 15.2 Å². The Balaban J connectivity index is 2.25. The lowest BCUT2D eigenvalue weighted by molar-refractivity contribution is -0.139. The van der Waals surface area contributed by atoms with Crippen LogP contribution in [-0.4, -0.2) is 30.8 Å². The zero-order valence-electron chi connectivity index (χ0n) is 10.3. The number of nitrogens with one attached hydrogen (secondary N) is 1. The molecule has 0 bridgehead atoms. The van der Waals surface area contributed by atoms with Gasteiger partial charge >= 0.3 is 5.97 Å². The normalized spacial score (nSPS) is 12.1. The number of rotatable bonds is 6. The fourth-order valence-corrected chi connectivity index (χ4v) is 1.48. The monoisotopic (exact) mass is 237 g/mol. The van der Waals surface area contributed by atoms with E-state index in [1.807, 2.05) is 19.1 Å². The van der Waals surface area contributed by atoms with E-state index in [1.165, 1.54) is 12.7 Å². The molecule has 2 N–H and O–H groups in total. The molecule has 0 radical (unpaired) electrons. The number of hydrogen-bond acceptors (Lipinski definition) is 4. The zero-order valence-corrected chi connectivity index (χ0v) is 10.3. The van der Waals surface area contributed by atoms with Crippen molar-refractivity contribution in [3.05, 3.63) is 29.8 Å². The first kappa shape index (κ1) is 13.5. The van der Waals surface area contributed by atoms with E-state index >= 15 is 0 Å². The highest BCUT2D eigenvalue weighted by atomic mass is 16.5. The minimum Gasteiger partial charge on any atom is -0.508 e. The molecule has 1 aromatic carbocycles. The van der Waals surface area contributed by atoms with Crippen molar-refractivity contribution >= 4 is 5.97 Å². The lowest BCUT2D eigenvalue weighted by atomic mass is 10.1. The number of hydrogen-bond donors (Lipinski definition) is 2. The minimum atomic E-state index is -0.249. The molecule has 4 nitrogen and oxygen atoms in total. The molecule has 1 unspecified atom stereocenters. The van der Waals surface area contributed by atoms with Crippen LogP contribution in [0.4, 0.5) is 0 Å². The zero-order chi connectivity index (χ0) is 12.7. The van der Waals surface area contributed by atoms with Crippen LogP contribution in [0.25, 0.3) is 0 Å². The quantitative estimate of drug-likeness (QED) is 0.736. The van der Waals surface area contributed by atoms with Gasteiger partial charge in [-0.1, -0.05) is 12.1 Å². The number of esters is 1. The predicted molar refractivity (Wildman–Crippen MR) is 65.9 cm³/mol. The van der Waals surface area contributed by atoms with E-state index in [1.54, 1.807) is 12.1 Å². The first-order valence-corrected chi connectivity index (χ1v) is 5.70. The summed E-state index contributed by atoms with van der Waals surface area (Å²) in [4.78, 5) is 10.9. The maximum atomic E-state index is 10.9. The Kier molecular flexibility index (Phi) is 5.49. The van der Waals surface area contributed by atoms with Crippen molar-refractivity contribution in [1.82, 2.24) is 5.32 Å². The number of methoxy groups -OCH3 is 1. The number of ether oxygens (including phenoxy) is 1. The van der Waals surface area contributed by atoms with E-state index in [2.05, 4.69) is 10.1 Å². The van der Waals surface area contributed by atoms with Crippen LogP contribution in [0, 0.1) is 0 Å². The Labute approximate surface area is 102 Å². The highest BCUT2D eigenvalue weighted by molar-refractivity contribution is 5.71. The molecule has 0 amide bonds. The maximum absolute atomic E-state index is 10.9. The Hall–Kier alpha value is -1.55. The van der Waals surface area contributed by atoms with Crippen LogP contribution in [0.2, 0.25) is 0 Å². The third kappa shape index (κ3) is 5.36. The number of benzene rings is 1. The lowest BCUT2D eigenvalue weighted by Gasteiger charge is -2.12. The van der Waals surface area contributed by atoms with Crippen LogP contribution in [-0.2, 0) is 16.0 Å². The number of phenolic OH excluding ortho intramolecular Hbond substituents is 1. The second-order valence-corrected chi connectivity index (χ2v) is 4.06. The van der Waals surface area contributed by atoms with Gasteiger partial charge in [-0.2, -0.15) is 0 Å². The van der Waals surface area contributed by atoms with Crippen molar-refractivity contribution in [2.24, 2.45) is 0 Å². The van der Waals surface area contributed by atoms with Gasteiger partial charge in [-0.15, -0.1) is 0 Å². The summed E-state index contributed by atoms with van der Waals surface area (Å²) >= 11 is 0. The van der Waals surface area contributed by atoms with Crippen molar-refractivity contribution in [2.45, 2.75) is 25.8 Å². The SMILES string of the molecule is COC(=O)CNC(C)CCc1ccc(O)cc1. The topological polar surface area (TPSA) is 58.6 Å². The Morgan fingerprint density at radius 3 is 2.65 bits per heavy atom. The van der Waals surface area contributed by atoms with Crippen molar-refractivity contribution < 1.29 is 14.6 Å².